The second-order valence-electron chi connectivity index (χ2n) is 44.8. The molecule has 672 valence electrons. The van der Waals surface area contributed by atoms with Crippen molar-refractivity contribution in [2.75, 3.05) is 159 Å². The molecule has 113 heavy (non-hydrogen) atoms. The summed E-state index contributed by atoms with van der Waals surface area (Å²) in [6, 6.07) is 1.37. The van der Waals surface area contributed by atoms with E-state index < -0.39 is 32.8 Å². The lowest BCUT2D eigenvalue weighted by Gasteiger charge is -2.48. The van der Waals surface area contributed by atoms with Crippen LogP contribution < -0.4 is 0 Å². The molecule has 0 aromatic carbocycles. The number of aliphatic hydroxyl groups excluding tert-OH is 2. The second-order valence-corrected chi connectivity index (χ2v) is 50.1. The Morgan fingerprint density at radius 2 is 0.726 bits per heavy atom. The molecule has 11 rings (SSSR count). The molecule has 20 nitrogen and oxygen atoms in total. The van der Waals surface area contributed by atoms with Crippen molar-refractivity contribution in [3.63, 3.8) is 0 Å². The van der Waals surface area contributed by atoms with Crippen molar-refractivity contribution in [3.05, 3.63) is 18.7 Å². The number of piperidine rings is 1. The minimum Gasteiger partial charge on any atom is -0.389 e. The van der Waals surface area contributed by atoms with Crippen LogP contribution in [0.1, 0.15) is 282 Å². The van der Waals surface area contributed by atoms with Gasteiger partial charge in [0.2, 0.25) is 0 Å². The molecule has 0 saturated carbocycles. The largest absolute Gasteiger partial charge is 0.389 e. The highest BCUT2D eigenvalue weighted by Crippen LogP contribution is 2.36. The molecule has 0 aliphatic carbocycles. The van der Waals surface area contributed by atoms with Gasteiger partial charge in [0.05, 0.1) is 42.2 Å². The minimum atomic E-state index is -2.72. The molecule has 11 heterocycles. The van der Waals surface area contributed by atoms with E-state index >= 15 is 0 Å². The van der Waals surface area contributed by atoms with Crippen molar-refractivity contribution >= 4 is 32.4 Å². The Kier molecular flexibility index (Phi) is 43.5. The second kappa shape index (κ2) is 45.4. The lowest BCUT2D eigenvalue weighted by molar-refractivity contribution is -0.158. The van der Waals surface area contributed by atoms with Gasteiger partial charge in [-0.15, -0.1) is 0 Å². The number of thioether (sulfide) groups is 1. The smallest absolute Gasteiger partial charge is 0.163 e. The van der Waals surface area contributed by atoms with Crippen molar-refractivity contribution in [3.8, 4) is 0 Å². The van der Waals surface area contributed by atoms with Gasteiger partial charge in [-0.1, -0.05) is 13.8 Å². The fraction of sp³-hybridized carbons (Fsp3) is 0.967. The summed E-state index contributed by atoms with van der Waals surface area (Å²) in [5, 5.41) is 18.5. The lowest BCUT2D eigenvalue weighted by atomic mass is 9.95. The van der Waals surface area contributed by atoms with E-state index in [4.69, 9.17) is 14.2 Å². The van der Waals surface area contributed by atoms with Gasteiger partial charge in [-0.2, -0.15) is 11.8 Å². The maximum Gasteiger partial charge on any atom is 0.163 e. The Balaban J connectivity index is 0.000000427. The van der Waals surface area contributed by atoms with Crippen molar-refractivity contribution in [1.29, 1.82) is 0 Å². The van der Waals surface area contributed by atoms with Gasteiger partial charge in [-0.05, 0) is 307 Å². The van der Waals surface area contributed by atoms with Crippen LogP contribution in [0.15, 0.2) is 18.7 Å². The molecule has 10 aliphatic rings. The lowest BCUT2D eigenvalue weighted by Crippen LogP contribution is -2.59. The van der Waals surface area contributed by atoms with E-state index in [0.717, 1.165) is 62.6 Å². The number of likely N-dealkylation sites (tertiary alicyclic amines) is 4. The number of ether oxygens (including phenoxy) is 3. The molecular weight excluding hydrogens is 1470 g/mol. The average Bonchev–Trinajstić information content (AvgIpc) is 1.63. The molecule has 0 bridgehead atoms. The van der Waals surface area contributed by atoms with Crippen LogP contribution in [0.3, 0.4) is 0 Å². The molecule has 2 N–H and O–H groups in total. The summed E-state index contributed by atoms with van der Waals surface area (Å²) in [5.74, 6) is 6.49. The van der Waals surface area contributed by atoms with E-state index in [-0.39, 0.29) is 51.2 Å². The Labute approximate surface area is 705 Å². The molecule has 1 aromatic heterocycles. The molecule has 1 aromatic rings. The number of rotatable bonds is 0. The summed E-state index contributed by atoms with van der Waals surface area (Å²) >= 11 is 2.07. The Morgan fingerprint density at radius 1 is 0.407 bits per heavy atom. The van der Waals surface area contributed by atoms with Gasteiger partial charge in [0.1, 0.15) is 12.2 Å². The zero-order valence-electron chi connectivity index (χ0n) is 81.0. The maximum atomic E-state index is 11.1. The van der Waals surface area contributed by atoms with Gasteiger partial charge in [0, 0.05) is 212 Å². The number of β-amino-alcohol motifs (C(OH)–C–C–N with tert-alkyl or cyclic N) is 2. The maximum absolute atomic E-state index is 11.1. The van der Waals surface area contributed by atoms with Gasteiger partial charge in [0.25, 0.3) is 0 Å². The fourth-order valence-electron chi connectivity index (χ4n) is 15.1. The molecular formula is C90H186N12O8S3. The Bertz CT molecular complexity index is 2810. The van der Waals surface area contributed by atoms with E-state index in [1.807, 2.05) is 26.4 Å². The van der Waals surface area contributed by atoms with Crippen molar-refractivity contribution in [2.24, 2.45) is 11.8 Å². The topological polar surface area (TPSA) is 170 Å². The molecule has 0 spiro atoms. The SMILES string of the molecule is CC(C)(C)N1CCS(=O)(=O)CC1.CC(C)(C)N1CCS(=O)CC1.CC(C)(C)N1CCSCC1.CC(C)(C)N1C[C@@H](O)[C@@H](O)C1.CC(C)(C)n1ccnc1.CC1(C)O[C@H]2CN(C(C)(C)C)C[C@H]2O1.CC1CCN(C(C)(C)C)C1.CC1CCN(C(C)(C)C)CC1.CC1CN(C(C)(C)C)CC(C)N1C.CC1CN(C(C)(C)C)CC(C)O1. The molecule has 23 heteroatoms. The number of aromatic nitrogens is 2. The van der Waals surface area contributed by atoms with Gasteiger partial charge in [-0.25, -0.2) is 13.4 Å². The number of nitrogens with zero attached hydrogens (tertiary/aromatic N) is 12. The predicted octanol–water partition coefficient (Wildman–Crippen LogP) is 14.6. The summed E-state index contributed by atoms with van der Waals surface area (Å²) in [5.41, 5.74) is 2.60. The van der Waals surface area contributed by atoms with E-state index in [9.17, 15) is 22.8 Å². The number of fused-ring (bicyclic) bond motifs is 1. The van der Waals surface area contributed by atoms with Crippen molar-refractivity contribution < 1.29 is 37.1 Å². The molecule has 0 radical (unpaired) electrons. The monoisotopic (exact) mass is 1660 g/mol. The van der Waals surface area contributed by atoms with E-state index in [2.05, 4.69) is 327 Å². The summed E-state index contributed by atoms with van der Waals surface area (Å²) in [6.07, 6.45) is 9.94. The van der Waals surface area contributed by atoms with Crippen LogP contribution in [-0.4, -0.2) is 345 Å². The summed E-state index contributed by atoms with van der Waals surface area (Å²) in [6.45, 7) is 103. The fourth-order valence-corrected chi connectivity index (χ4v) is 18.2. The number of piperazine rings is 1. The number of hydrogen-bond acceptors (Lipinski definition) is 20. The average molecular weight is 1660 g/mol. The van der Waals surface area contributed by atoms with Crippen LogP contribution in [0, 0.1) is 11.8 Å². The molecule has 9 atom stereocenters. The molecule has 5 unspecified atom stereocenters. The number of hydrogen-bond donors (Lipinski definition) is 2. The highest BCUT2D eigenvalue weighted by atomic mass is 32.2. The van der Waals surface area contributed by atoms with Crippen LogP contribution >= 0.6 is 11.8 Å². The number of sulfone groups is 1. The third-order valence-corrected chi connectivity index (χ3v) is 27.5. The zero-order chi connectivity index (χ0) is 87.5. The third kappa shape index (κ3) is 42.1. The van der Waals surface area contributed by atoms with Crippen LogP contribution in [0.4, 0.5) is 0 Å². The number of morpholine rings is 1. The van der Waals surface area contributed by atoms with Crippen LogP contribution in [-0.2, 0) is 40.4 Å². The van der Waals surface area contributed by atoms with Crippen LogP contribution in [0.5, 0.6) is 0 Å². The molecule has 10 saturated heterocycles. The normalized spacial score (nSPS) is 28.5. The highest BCUT2D eigenvalue weighted by molar-refractivity contribution is 7.99. The van der Waals surface area contributed by atoms with Gasteiger partial charge < -0.3 is 29.0 Å². The Hall–Kier alpha value is -0.940. The first kappa shape index (κ1) is 108. The third-order valence-electron chi connectivity index (χ3n) is 23.7. The van der Waals surface area contributed by atoms with E-state index in [0.29, 0.717) is 84.1 Å². The predicted molar refractivity (Wildman–Crippen MR) is 488 cm³/mol. The summed E-state index contributed by atoms with van der Waals surface area (Å²) in [7, 11) is -1.02. The summed E-state index contributed by atoms with van der Waals surface area (Å²) in [4.78, 5) is 28.3. The standard InChI is InChI=1S/C11H24N2.C11H21NO2.C10H21NO.C10H21N.C9H19N.C8H17NO2S.C8H17NO2.C8H17NOS.C8H17NS.C7H12N2/c1-9-7-13(11(3,4)5)8-10(2)12(9)6;1-10(2,3)12-6-8-9(7-12)14-11(4,5)13-8;1-8-6-11(10(3,4)5)7-9(2)12-8;1-9-5-7-11(8-6-9)10(2,3)4;1-8-5-6-10(7-8)9(2,3)4;1-8(2,3)9-4-6-12(10,11)7-5-9;1-8(2,3)9-4-6(10)7(11)5-9;1-8(2,3)9-4-6-11(10)7-5-9;1-8(2,3)9-4-6-10-7-5-9;1-7(2,3)9-5-4-8-6-9/h9-10H,7-8H2,1-6H3;8-9H,6-7H2,1-5H3;8-9H,6-7H2,1-5H3;9H,5-8H2,1-4H3;8H,5-7H2,1-4H3;4-7H2,1-3H3;6-7,10-11H,4-5H2,1-3H3;4-7H2,1-3H3;4-7H2,1-3H3;4-6H,1-3H3/t;8-,9+;;;;;6-,7+;;;. The molecule has 10 aliphatic heterocycles. The first-order chi connectivity index (χ1) is 50.9. The molecule has 10 fully saturated rings. The minimum absolute atomic E-state index is 0.0540. The quantitative estimate of drug-likeness (QED) is 0.251. The van der Waals surface area contributed by atoms with E-state index in [1.165, 1.54) is 83.1 Å². The Morgan fingerprint density at radius 3 is 1.03 bits per heavy atom. The van der Waals surface area contributed by atoms with Gasteiger partial charge in [-0.3, -0.25) is 53.2 Å². The highest BCUT2D eigenvalue weighted by Gasteiger charge is 2.49. The van der Waals surface area contributed by atoms with E-state index in [1.54, 1.807) is 6.20 Å². The zero-order valence-corrected chi connectivity index (χ0v) is 83.5. The first-order valence-corrected chi connectivity index (χ1v) is 48.4. The first-order valence-electron chi connectivity index (χ1n) is 43.9. The molecule has 0 amide bonds. The van der Waals surface area contributed by atoms with Crippen LogP contribution in [0.2, 0.25) is 0 Å². The van der Waals surface area contributed by atoms with Crippen molar-refractivity contribution in [1.82, 2.24) is 58.6 Å². The van der Waals surface area contributed by atoms with Crippen LogP contribution in [0.25, 0.3) is 0 Å². The number of likely N-dealkylation sites (N-methyl/N-ethyl adjacent to an activating group) is 1. The van der Waals surface area contributed by atoms with Gasteiger partial charge in [0.15, 0.2) is 15.6 Å². The number of aliphatic hydroxyl groups is 2. The van der Waals surface area contributed by atoms with Crippen molar-refractivity contribution in [2.45, 2.75) is 392 Å². The summed E-state index contributed by atoms with van der Waals surface area (Å²) < 4.78 is 52.6. The number of imidazole rings is 1. The van der Waals surface area contributed by atoms with Gasteiger partial charge >= 0.3 is 0 Å².